The highest BCUT2D eigenvalue weighted by molar-refractivity contribution is 5.97. The van der Waals surface area contributed by atoms with E-state index in [-0.39, 0.29) is 23.1 Å². The summed E-state index contributed by atoms with van der Waals surface area (Å²) >= 11 is 0. The van der Waals surface area contributed by atoms with Gasteiger partial charge in [0.1, 0.15) is 17.1 Å². The Morgan fingerprint density at radius 1 is 1.28 bits per heavy atom. The summed E-state index contributed by atoms with van der Waals surface area (Å²) in [4.78, 5) is 28.0. The smallest absolute Gasteiger partial charge is 0.260 e. The first kappa shape index (κ1) is 17.7. The van der Waals surface area contributed by atoms with Gasteiger partial charge in [0.25, 0.3) is 5.91 Å². The SMILES string of the molecule is COc1cccc(F)c1C(=O)N1CCC(CCN2CCCC2=O)CC1. The van der Waals surface area contributed by atoms with E-state index in [4.69, 9.17) is 4.74 Å². The van der Waals surface area contributed by atoms with E-state index in [9.17, 15) is 14.0 Å². The molecule has 2 fully saturated rings. The number of carbonyl (C=O) groups is 2. The molecule has 0 unspecified atom stereocenters. The predicted octanol–water partition coefficient (Wildman–Crippen LogP) is 2.70. The average Bonchev–Trinajstić information content (AvgIpc) is 3.04. The Morgan fingerprint density at radius 2 is 2.04 bits per heavy atom. The fourth-order valence-electron chi connectivity index (χ4n) is 3.74. The number of hydrogen-bond donors (Lipinski definition) is 0. The molecule has 2 aliphatic rings. The third-order valence-corrected chi connectivity index (χ3v) is 5.29. The highest BCUT2D eigenvalue weighted by Gasteiger charge is 2.28. The quantitative estimate of drug-likeness (QED) is 0.822. The van der Waals surface area contributed by atoms with Crippen LogP contribution in [0.3, 0.4) is 0 Å². The molecule has 2 amide bonds. The van der Waals surface area contributed by atoms with E-state index in [2.05, 4.69) is 0 Å². The minimum absolute atomic E-state index is 0.0195. The van der Waals surface area contributed by atoms with E-state index < -0.39 is 5.82 Å². The van der Waals surface area contributed by atoms with Crippen molar-refractivity contribution in [2.75, 3.05) is 33.3 Å². The summed E-state index contributed by atoms with van der Waals surface area (Å²) in [5.41, 5.74) is 0.0195. The van der Waals surface area contributed by atoms with Crippen molar-refractivity contribution in [3.05, 3.63) is 29.6 Å². The molecule has 3 rings (SSSR count). The molecule has 136 valence electrons. The van der Waals surface area contributed by atoms with Crippen molar-refractivity contribution in [2.24, 2.45) is 5.92 Å². The van der Waals surface area contributed by atoms with Crippen molar-refractivity contribution in [2.45, 2.75) is 32.1 Å². The normalized spacial score (nSPS) is 18.7. The maximum Gasteiger partial charge on any atom is 0.260 e. The molecular formula is C19H25FN2O3. The molecular weight excluding hydrogens is 323 g/mol. The molecule has 0 atom stereocenters. The van der Waals surface area contributed by atoms with Gasteiger partial charge in [-0.1, -0.05) is 6.07 Å². The van der Waals surface area contributed by atoms with Crippen LogP contribution in [0.5, 0.6) is 5.75 Å². The molecule has 2 heterocycles. The number of carbonyl (C=O) groups excluding carboxylic acids is 2. The van der Waals surface area contributed by atoms with Gasteiger partial charge in [0.2, 0.25) is 5.91 Å². The van der Waals surface area contributed by atoms with Crippen molar-refractivity contribution < 1.29 is 18.7 Å². The summed E-state index contributed by atoms with van der Waals surface area (Å²) in [6.07, 6.45) is 4.42. The molecule has 0 aromatic heterocycles. The van der Waals surface area contributed by atoms with Crippen LogP contribution in [0.15, 0.2) is 18.2 Å². The zero-order chi connectivity index (χ0) is 17.8. The van der Waals surface area contributed by atoms with Crippen LogP contribution in [0, 0.1) is 11.7 Å². The molecule has 0 radical (unpaired) electrons. The van der Waals surface area contributed by atoms with Gasteiger partial charge in [-0.3, -0.25) is 9.59 Å². The van der Waals surface area contributed by atoms with Crippen LogP contribution in [0.1, 0.15) is 42.5 Å². The molecule has 2 saturated heterocycles. The standard InChI is InChI=1S/C19H25FN2O3/c1-25-16-5-2-4-15(20)18(16)19(24)22-12-8-14(9-13-22)7-11-21-10-3-6-17(21)23/h2,4-5,14H,3,6-13H2,1H3. The summed E-state index contributed by atoms with van der Waals surface area (Å²) in [6, 6.07) is 4.43. The lowest BCUT2D eigenvalue weighted by Gasteiger charge is -2.33. The van der Waals surface area contributed by atoms with Crippen LogP contribution < -0.4 is 4.74 Å². The van der Waals surface area contributed by atoms with Crippen molar-refractivity contribution in [3.63, 3.8) is 0 Å². The molecule has 0 spiro atoms. The number of benzene rings is 1. The number of methoxy groups -OCH3 is 1. The molecule has 2 aliphatic heterocycles. The van der Waals surface area contributed by atoms with Gasteiger partial charge in [-0.05, 0) is 43.7 Å². The van der Waals surface area contributed by atoms with Crippen LogP contribution in [-0.2, 0) is 4.79 Å². The van der Waals surface area contributed by atoms with Crippen molar-refractivity contribution in [1.82, 2.24) is 9.80 Å². The van der Waals surface area contributed by atoms with Crippen molar-refractivity contribution >= 4 is 11.8 Å². The monoisotopic (exact) mass is 348 g/mol. The van der Waals surface area contributed by atoms with Crippen LogP contribution in [-0.4, -0.2) is 54.9 Å². The molecule has 0 bridgehead atoms. The predicted molar refractivity (Wildman–Crippen MR) is 92.0 cm³/mol. The largest absolute Gasteiger partial charge is 0.496 e. The fraction of sp³-hybridized carbons (Fsp3) is 0.579. The summed E-state index contributed by atoms with van der Waals surface area (Å²) in [6.45, 7) is 2.94. The molecule has 0 saturated carbocycles. The zero-order valence-electron chi connectivity index (χ0n) is 14.7. The van der Waals surface area contributed by atoms with E-state index in [1.165, 1.54) is 19.2 Å². The summed E-state index contributed by atoms with van der Waals surface area (Å²) in [7, 11) is 1.44. The molecule has 1 aromatic rings. The number of rotatable bonds is 5. The Balaban J connectivity index is 1.54. The third-order valence-electron chi connectivity index (χ3n) is 5.29. The number of hydrogen-bond acceptors (Lipinski definition) is 3. The molecule has 1 aromatic carbocycles. The number of ether oxygens (including phenoxy) is 1. The van der Waals surface area contributed by atoms with Gasteiger partial charge in [0, 0.05) is 32.6 Å². The minimum Gasteiger partial charge on any atom is -0.496 e. The van der Waals surface area contributed by atoms with Crippen molar-refractivity contribution in [3.8, 4) is 5.75 Å². The third kappa shape index (κ3) is 3.94. The zero-order valence-corrected chi connectivity index (χ0v) is 14.7. The second-order valence-electron chi connectivity index (χ2n) is 6.83. The average molecular weight is 348 g/mol. The Bertz CT molecular complexity index is 642. The van der Waals surface area contributed by atoms with Crippen molar-refractivity contribution in [1.29, 1.82) is 0 Å². The van der Waals surface area contributed by atoms with Crippen LogP contribution in [0.25, 0.3) is 0 Å². The lowest BCUT2D eigenvalue weighted by atomic mass is 9.93. The molecule has 25 heavy (non-hydrogen) atoms. The Labute approximate surface area is 147 Å². The first-order valence-electron chi connectivity index (χ1n) is 8.99. The lowest BCUT2D eigenvalue weighted by Crippen LogP contribution is -2.39. The number of amides is 2. The lowest BCUT2D eigenvalue weighted by molar-refractivity contribution is -0.127. The van der Waals surface area contributed by atoms with E-state index in [0.29, 0.717) is 25.4 Å². The maximum atomic E-state index is 14.1. The second-order valence-corrected chi connectivity index (χ2v) is 6.83. The van der Waals surface area contributed by atoms with E-state index in [0.717, 1.165) is 38.8 Å². The van der Waals surface area contributed by atoms with Crippen LogP contribution in [0.2, 0.25) is 0 Å². The van der Waals surface area contributed by atoms with Gasteiger partial charge in [-0.2, -0.15) is 0 Å². The summed E-state index contributed by atoms with van der Waals surface area (Å²) in [5, 5.41) is 0. The van der Waals surface area contributed by atoms with Gasteiger partial charge in [0.15, 0.2) is 0 Å². The second kappa shape index (κ2) is 7.85. The van der Waals surface area contributed by atoms with Gasteiger partial charge < -0.3 is 14.5 Å². The molecule has 5 nitrogen and oxygen atoms in total. The molecule has 6 heteroatoms. The summed E-state index contributed by atoms with van der Waals surface area (Å²) in [5.74, 6) is 0.209. The van der Waals surface area contributed by atoms with Gasteiger partial charge in [-0.15, -0.1) is 0 Å². The topological polar surface area (TPSA) is 49.9 Å². The Morgan fingerprint density at radius 3 is 2.68 bits per heavy atom. The fourth-order valence-corrected chi connectivity index (χ4v) is 3.74. The van der Waals surface area contributed by atoms with Gasteiger partial charge in [-0.25, -0.2) is 4.39 Å². The highest BCUT2D eigenvalue weighted by Crippen LogP contribution is 2.27. The van der Waals surface area contributed by atoms with Gasteiger partial charge >= 0.3 is 0 Å². The highest BCUT2D eigenvalue weighted by atomic mass is 19.1. The number of halogens is 1. The minimum atomic E-state index is -0.543. The molecule has 0 aliphatic carbocycles. The summed E-state index contributed by atoms with van der Waals surface area (Å²) < 4.78 is 19.2. The van der Waals surface area contributed by atoms with E-state index in [1.54, 1.807) is 11.0 Å². The van der Waals surface area contributed by atoms with E-state index >= 15 is 0 Å². The van der Waals surface area contributed by atoms with E-state index in [1.807, 2.05) is 4.90 Å². The number of piperidine rings is 1. The van der Waals surface area contributed by atoms with Gasteiger partial charge in [0.05, 0.1) is 7.11 Å². The first-order valence-corrected chi connectivity index (χ1v) is 8.99. The Kier molecular flexibility index (Phi) is 5.56. The van der Waals surface area contributed by atoms with Crippen LogP contribution in [0.4, 0.5) is 4.39 Å². The number of nitrogens with zero attached hydrogens (tertiary/aromatic N) is 2. The Hall–Kier alpha value is -2.11. The maximum absolute atomic E-state index is 14.1. The number of likely N-dealkylation sites (tertiary alicyclic amines) is 2. The molecule has 0 N–H and O–H groups in total. The first-order chi connectivity index (χ1) is 12.1. The van der Waals surface area contributed by atoms with Crippen LogP contribution >= 0.6 is 0 Å².